The smallest absolute Gasteiger partial charge is 0.315 e. The van der Waals surface area contributed by atoms with E-state index in [2.05, 4.69) is 4.74 Å². The van der Waals surface area contributed by atoms with Crippen molar-refractivity contribution in [3.05, 3.63) is 0 Å². The van der Waals surface area contributed by atoms with Crippen molar-refractivity contribution < 1.29 is 9.53 Å². The molecule has 0 aromatic carbocycles. The van der Waals surface area contributed by atoms with Gasteiger partial charge in [0.15, 0.2) is 0 Å². The molecular formula is C7H15NO2S. The minimum atomic E-state index is -0.210. The summed E-state index contributed by atoms with van der Waals surface area (Å²) < 4.78 is 4.46. The van der Waals surface area contributed by atoms with Crippen molar-refractivity contribution in [1.29, 1.82) is 0 Å². The maximum absolute atomic E-state index is 10.6. The lowest BCUT2D eigenvalue weighted by molar-refractivity contribution is -0.137. The lowest BCUT2D eigenvalue weighted by Crippen LogP contribution is -2.35. The SMILES string of the molecule is COC(=O)CSCC(C)(C)N. The van der Waals surface area contributed by atoms with Crippen LogP contribution in [0, 0.1) is 0 Å². The third-order valence-corrected chi connectivity index (χ3v) is 2.31. The highest BCUT2D eigenvalue weighted by Gasteiger charge is 2.11. The van der Waals surface area contributed by atoms with E-state index in [0.717, 1.165) is 5.75 Å². The van der Waals surface area contributed by atoms with Gasteiger partial charge in [0.05, 0.1) is 12.9 Å². The summed E-state index contributed by atoms with van der Waals surface area (Å²) in [5, 5.41) is 0. The molecular weight excluding hydrogens is 162 g/mol. The second-order valence-corrected chi connectivity index (χ2v) is 4.04. The molecule has 0 amide bonds. The lowest BCUT2D eigenvalue weighted by atomic mass is 10.1. The van der Waals surface area contributed by atoms with Crippen molar-refractivity contribution >= 4 is 17.7 Å². The highest BCUT2D eigenvalue weighted by Crippen LogP contribution is 2.09. The number of carbonyl (C=O) groups excluding carboxylic acids is 1. The summed E-state index contributed by atoms with van der Waals surface area (Å²) in [7, 11) is 1.39. The first-order chi connectivity index (χ1) is 4.95. The summed E-state index contributed by atoms with van der Waals surface area (Å²) in [5.41, 5.74) is 5.48. The van der Waals surface area contributed by atoms with Crippen LogP contribution in [0.1, 0.15) is 13.8 Å². The summed E-state index contributed by atoms with van der Waals surface area (Å²) in [6.45, 7) is 3.86. The van der Waals surface area contributed by atoms with Crippen LogP contribution in [0.25, 0.3) is 0 Å². The molecule has 0 aromatic rings. The predicted molar refractivity (Wildman–Crippen MR) is 47.6 cm³/mol. The Kier molecular flexibility index (Phi) is 4.52. The van der Waals surface area contributed by atoms with Gasteiger partial charge in [0, 0.05) is 11.3 Å². The zero-order valence-corrected chi connectivity index (χ0v) is 8.03. The number of thioether (sulfide) groups is 1. The molecule has 0 heterocycles. The number of methoxy groups -OCH3 is 1. The number of hydrogen-bond acceptors (Lipinski definition) is 4. The van der Waals surface area contributed by atoms with E-state index in [1.54, 1.807) is 0 Å². The molecule has 0 radical (unpaired) electrons. The molecule has 0 aliphatic rings. The Morgan fingerprint density at radius 3 is 2.55 bits per heavy atom. The van der Waals surface area contributed by atoms with Gasteiger partial charge in [-0.2, -0.15) is 0 Å². The zero-order chi connectivity index (χ0) is 8.91. The van der Waals surface area contributed by atoms with Gasteiger partial charge in [-0.25, -0.2) is 0 Å². The average Bonchev–Trinajstić information content (AvgIpc) is 1.85. The Labute approximate surface area is 71.7 Å². The van der Waals surface area contributed by atoms with E-state index in [-0.39, 0.29) is 11.5 Å². The van der Waals surface area contributed by atoms with Gasteiger partial charge in [-0.3, -0.25) is 4.79 Å². The average molecular weight is 177 g/mol. The van der Waals surface area contributed by atoms with Crippen LogP contribution in [0.4, 0.5) is 0 Å². The largest absolute Gasteiger partial charge is 0.468 e. The number of ether oxygens (including phenoxy) is 1. The minimum absolute atomic E-state index is 0.195. The van der Waals surface area contributed by atoms with Gasteiger partial charge >= 0.3 is 5.97 Å². The Balaban J connectivity index is 3.35. The molecule has 0 aromatic heterocycles. The summed E-state index contributed by atoms with van der Waals surface area (Å²) in [6, 6.07) is 0. The summed E-state index contributed by atoms with van der Waals surface area (Å²) >= 11 is 1.49. The summed E-state index contributed by atoms with van der Waals surface area (Å²) in [6.07, 6.45) is 0. The van der Waals surface area contributed by atoms with Crippen molar-refractivity contribution in [2.24, 2.45) is 5.73 Å². The highest BCUT2D eigenvalue weighted by atomic mass is 32.2. The van der Waals surface area contributed by atoms with Crippen LogP contribution >= 0.6 is 11.8 Å². The van der Waals surface area contributed by atoms with E-state index < -0.39 is 0 Å². The van der Waals surface area contributed by atoms with E-state index in [0.29, 0.717) is 5.75 Å². The molecule has 3 nitrogen and oxygen atoms in total. The molecule has 66 valence electrons. The number of hydrogen-bond donors (Lipinski definition) is 1. The maximum atomic E-state index is 10.6. The van der Waals surface area contributed by atoms with Crippen molar-refractivity contribution in [3.63, 3.8) is 0 Å². The first kappa shape index (κ1) is 10.8. The fourth-order valence-electron chi connectivity index (χ4n) is 0.456. The zero-order valence-electron chi connectivity index (χ0n) is 7.22. The van der Waals surface area contributed by atoms with Gasteiger partial charge in [0.25, 0.3) is 0 Å². The molecule has 0 atom stereocenters. The second-order valence-electron chi connectivity index (χ2n) is 3.06. The fraction of sp³-hybridized carbons (Fsp3) is 0.857. The van der Waals surface area contributed by atoms with Gasteiger partial charge in [-0.1, -0.05) is 0 Å². The van der Waals surface area contributed by atoms with E-state index in [9.17, 15) is 4.79 Å². The number of carbonyl (C=O) groups is 1. The number of esters is 1. The Morgan fingerprint density at radius 1 is 1.64 bits per heavy atom. The van der Waals surface area contributed by atoms with Crippen molar-refractivity contribution in [1.82, 2.24) is 0 Å². The Morgan fingerprint density at radius 2 is 2.18 bits per heavy atom. The quantitative estimate of drug-likeness (QED) is 0.640. The van der Waals surface area contributed by atoms with Crippen molar-refractivity contribution in [2.45, 2.75) is 19.4 Å². The monoisotopic (exact) mass is 177 g/mol. The fourth-order valence-corrected chi connectivity index (χ4v) is 1.37. The molecule has 0 fully saturated rings. The molecule has 11 heavy (non-hydrogen) atoms. The standard InChI is InChI=1S/C7H15NO2S/c1-7(2,8)5-11-4-6(9)10-3/h4-5,8H2,1-3H3. The first-order valence-electron chi connectivity index (χ1n) is 3.39. The third-order valence-electron chi connectivity index (χ3n) is 0.922. The van der Waals surface area contributed by atoms with Crippen LogP contribution in [0.15, 0.2) is 0 Å². The topological polar surface area (TPSA) is 52.3 Å². The van der Waals surface area contributed by atoms with Gasteiger partial charge in [-0.15, -0.1) is 11.8 Å². The molecule has 0 unspecified atom stereocenters. The highest BCUT2D eigenvalue weighted by molar-refractivity contribution is 8.00. The Hall–Kier alpha value is -0.220. The lowest BCUT2D eigenvalue weighted by Gasteiger charge is -2.16. The van der Waals surface area contributed by atoms with Gasteiger partial charge in [-0.05, 0) is 13.8 Å². The van der Waals surface area contributed by atoms with Gasteiger partial charge in [0.1, 0.15) is 0 Å². The first-order valence-corrected chi connectivity index (χ1v) is 4.54. The maximum Gasteiger partial charge on any atom is 0.315 e. The molecule has 0 aliphatic heterocycles. The normalized spacial score (nSPS) is 11.3. The van der Waals surface area contributed by atoms with Crippen LogP contribution in [-0.2, 0) is 9.53 Å². The Bertz CT molecular complexity index is 131. The molecule has 0 rings (SSSR count). The van der Waals surface area contributed by atoms with Gasteiger partial charge in [0.2, 0.25) is 0 Å². The van der Waals surface area contributed by atoms with Crippen LogP contribution in [-0.4, -0.2) is 30.1 Å². The number of rotatable bonds is 4. The summed E-state index contributed by atoms with van der Waals surface area (Å²) in [4.78, 5) is 10.6. The number of nitrogens with two attached hydrogens (primary N) is 1. The molecule has 4 heteroatoms. The molecule has 0 saturated carbocycles. The third kappa shape index (κ3) is 7.68. The molecule has 2 N–H and O–H groups in total. The van der Waals surface area contributed by atoms with E-state index in [1.807, 2.05) is 13.8 Å². The van der Waals surface area contributed by atoms with E-state index in [1.165, 1.54) is 18.9 Å². The van der Waals surface area contributed by atoms with Crippen LogP contribution < -0.4 is 5.73 Å². The van der Waals surface area contributed by atoms with Crippen LogP contribution in [0.3, 0.4) is 0 Å². The predicted octanol–water partition coefficient (Wildman–Crippen LogP) is 0.630. The molecule has 0 saturated heterocycles. The summed E-state index contributed by atoms with van der Waals surface area (Å²) in [5.74, 6) is 0.957. The van der Waals surface area contributed by atoms with Crippen molar-refractivity contribution in [2.75, 3.05) is 18.6 Å². The van der Waals surface area contributed by atoms with Crippen LogP contribution in [0.2, 0.25) is 0 Å². The van der Waals surface area contributed by atoms with Crippen molar-refractivity contribution in [3.8, 4) is 0 Å². The van der Waals surface area contributed by atoms with E-state index >= 15 is 0 Å². The van der Waals surface area contributed by atoms with Crippen LogP contribution in [0.5, 0.6) is 0 Å². The van der Waals surface area contributed by atoms with Gasteiger partial charge < -0.3 is 10.5 Å². The van der Waals surface area contributed by atoms with E-state index in [4.69, 9.17) is 5.73 Å². The molecule has 0 spiro atoms. The molecule has 0 bridgehead atoms. The minimum Gasteiger partial charge on any atom is -0.468 e. The second kappa shape index (κ2) is 4.62. The molecule has 0 aliphatic carbocycles.